The Kier molecular flexibility index (Phi) is 3.03. The lowest BCUT2D eigenvalue weighted by Gasteiger charge is -2.07. The van der Waals surface area contributed by atoms with Crippen molar-refractivity contribution in [3.8, 4) is 0 Å². The molecule has 0 heteroatoms. The zero-order chi connectivity index (χ0) is 9.80. The fourth-order valence-electron chi connectivity index (χ4n) is 1.99. The van der Waals surface area contributed by atoms with E-state index in [0.717, 1.165) is 12.3 Å². The Bertz CT molecular complexity index is 308. The van der Waals surface area contributed by atoms with Crippen LogP contribution in [-0.2, 0) is 6.42 Å². The number of aryl methyl sites for hydroxylation is 1. The van der Waals surface area contributed by atoms with Gasteiger partial charge in [-0.15, -0.1) is 6.58 Å². The quantitative estimate of drug-likeness (QED) is 0.480. The lowest BCUT2D eigenvalue weighted by Crippen LogP contribution is -1.91. The maximum atomic E-state index is 3.76. The van der Waals surface area contributed by atoms with Gasteiger partial charge in [-0.05, 0) is 49.1 Å². The van der Waals surface area contributed by atoms with Crippen LogP contribution in [0, 0.1) is 0 Å². The van der Waals surface area contributed by atoms with Gasteiger partial charge in [0.05, 0.1) is 0 Å². The summed E-state index contributed by atoms with van der Waals surface area (Å²) in [4.78, 5) is 0. The third-order valence-electron chi connectivity index (χ3n) is 2.93. The molecule has 14 heavy (non-hydrogen) atoms. The molecular weight excluding hydrogens is 168 g/mol. The molecule has 1 fully saturated rings. The fraction of sp³-hybridized carbons (Fsp3) is 0.429. The van der Waals surface area contributed by atoms with E-state index in [1.54, 1.807) is 11.1 Å². The third kappa shape index (κ3) is 2.25. The van der Waals surface area contributed by atoms with Crippen LogP contribution in [0.1, 0.15) is 42.7 Å². The van der Waals surface area contributed by atoms with E-state index < -0.39 is 0 Å². The molecular formula is C14H18. The lowest BCUT2D eigenvalue weighted by molar-refractivity contribution is 0.831. The first-order valence-electron chi connectivity index (χ1n) is 5.60. The summed E-state index contributed by atoms with van der Waals surface area (Å²) in [7, 11) is 0. The highest BCUT2D eigenvalue weighted by Gasteiger charge is 2.25. The normalized spacial score (nSPS) is 15.4. The van der Waals surface area contributed by atoms with Crippen molar-refractivity contribution in [2.75, 3.05) is 0 Å². The van der Waals surface area contributed by atoms with Gasteiger partial charge in [0, 0.05) is 0 Å². The Morgan fingerprint density at radius 2 is 2.07 bits per heavy atom. The van der Waals surface area contributed by atoms with Crippen LogP contribution in [-0.4, -0.2) is 0 Å². The Balaban J connectivity index is 2.03. The van der Waals surface area contributed by atoms with Crippen molar-refractivity contribution in [1.82, 2.24) is 0 Å². The molecule has 0 saturated heterocycles. The molecule has 0 spiro atoms. The van der Waals surface area contributed by atoms with Gasteiger partial charge in [0.25, 0.3) is 0 Å². The summed E-state index contributed by atoms with van der Waals surface area (Å²) in [6.45, 7) is 3.76. The number of rotatable bonds is 5. The lowest BCUT2D eigenvalue weighted by atomic mass is 9.99. The molecule has 1 saturated carbocycles. The summed E-state index contributed by atoms with van der Waals surface area (Å²) < 4.78 is 0. The highest BCUT2D eigenvalue weighted by Crippen LogP contribution is 2.41. The smallest absolute Gasteiger partial charge is 0.0159 e. The number of hydrogen-bond donors (Lipinski definition) is 0. The number of hydrogen-bond acceptors (Lipinski definition) is 0. The molecule has 0 heterocycles. The van der Waals surface area contributed by atoms with Crippen LogP contribution in [0.3, 0.4) is 0 Å². The predicted octanol–water partition coefficient (Wildman–Crippen LogP) is 4.07. The fourth-order valence-corrected chi connectivity index (χ4v) is 1.99. The van der Waals surface area contributed by atoms with Gasteiger partial charge >= 0.3 is 0 Å². The second-order valence-electron chi connectivity index (χ2n) is 4.15. The summed E-state index contributed by atoms with van der Waals surface area (Å²) in [6.07, 6.45) is 8.42. The summed E-state index contributed by atoms with van der Waals surface area (Å²) in [6, 6.07) is 8.93. The van der Waals surface area contributed by atoms with Crippen LogP contribution < -0.4 is 0 Å². The zero-order valence-electron chi connectivity index (χ0n) is 8.71. The average Bonchev–Trinajstić information content (AvgIpc) is 3.03. The minimum Gasteiger partial charge on any atom is -0.103 e. The van der Waals surface area contributed by atoms with Crippen LogP contribution in [0.25, 0.3) is 0 Å². The van der Waals surface area contributed by atoms with E-state index in [1.807, 2.05) is 6.08 Å². The van der Waals surface area contributed by atoms with Crippen LogP contribution >= 0.6 is 0 Å². The summed E-state index contributed by atoms with van der Waals surface area (Å²) in [5, 5.41) is 0. The molecule has 1 aromatic carbocycles. The van der Waals surface area contributed by atoms with E-state index >= 15 is 0 Å². The molecule has 0 N–H and O–H groups in total. The second-order valence-corrected chi connectivity index (χ2v) is 4.15. The molecule has 1 aliphatic rings. The van der Waals surface area contributed by atoms with Gasteiger partial charge in [0.1, 0.15) is 0 Å². The maximum Gasteiger partial charge on any atom is -0.0159 e. The minimum absolute atomic E-state index is 0.884. The first-order chi connectivity index (χ1) is 6.92. The first kappa shape index (κ1) is 9.51. The van der Waals surface area contributed by atoms with E-state index in [0.29, 0.717) is 0 Å². The van der Waals surface area contributed by atoms with Gasteiger partial charge in [-0.25, -0.2) is 0 Å². The molecule has 74 valence electrons. The maximum absolute atomic E-state index is 3.76. The molecule has 1 aliphatic carbocycles. The van der Waals surface area contributed by atoms with Crippen LogP contribution in [0.15, 0.2) is 36.9 Å². The Labute approximate surface area is 86.7 Å². The molecule has 0 aromatic heterocycles. The molecule has 0 amide bonds. The van der Waals surface area contributed by atoms with Crippen LogP contribution in [0.2, 0.25) is 0 Å². The van der Waals surface area contributed by atoms with Crippen molar-refractivity contribution in [1.29, 1.82) is 0 Å². The zero-order valence-corrected chi connectivity index (χ0v) is 8.71. The molecule has 1 aromatic rings. The van der Waals surface area contributed by atoms with Crippen molar-refractivity contribution in [3.05, 3.63) is 48.0 Å². The van der Waals surface area contributed by atoms with Crippen molar-refractivity contribution < 1.29 is 0 Å². The second kappa shape index (κ2) is 4.45. The summed E-state index contributed by atoms with van der Waals surface area (Å²) in [5.74, 6) is 0.884. The van der Waals surface area contributed by atoms with Gasteiger partial charge < -0.3 is 0 Å². The van der Waals surface area contributed by atoms with Crippen LogP contribution in [0.5, 0.6) is 0 Å². The van der Waals surface area contributed by atoms with Gasteiger partial charge in [-0.2, -0.15) is 0 Å². The number of allylic oxidation sites excluding steroid dienone is 1. The van der Waals surface area contributed by atoms with Gasteiger partial charge in [-0.1, -0.05) is 30.3 Å². The van der Waals surface area contributed by atoms with Crippen molar-refractivity contribution >= 4 is 0 Å². The largest absolute Gasteiger partial charge is 0.103 e. The van der Waals surface area contributed by atoms with Crippen LogP contribution in [0.4, 0.5) is 0 Å². The van der Waals surface area contributed by atoms with E-state index in [1.165, 1.54) is 25.7 Å². The van der Waals surface area contributed by atoms with E-state index in [-0.39, 0.29) is 0 Å². The Morgan fingerprint density at radius 1 is 1.29 bits per heavy atom. The average molecular weight is 186 g/mol. The van der Waals surface area contributed by atoms with Crippen molar-refractivity contribution in [3.63, 3.8) is 0 Å². The number of benzene rings is 1. The predicted molar refractivity (Wildman–Crippen MR) is 61.6 cm³/mol. The van der Waals surface area contributed by atoms with Gasteiger partial charge in [0.2, 0.25) is 0 Å². The van der Waals surface area contributed by atoms with Gasteiger partial charge in [0.15, 0.2) is 0 Å². The Hall–Kier alpha value is -1.04. The molecule has 0 radical (unpaired) electrons. The van der Waals surface area contributed by atoms with E-state index in [9.17, 15) is 0 Å². The number of unbranched alkanes of at least 4 members (excludes halogenated alkanes) is 1. The third-order valence-corrected chi connectivity index (χ3v) is 2.93. The highest BCUT2D eigenvalue weighted by molar-refractivity contribution is 5.33. The van der Waals surface area contributed by atoms with Crippen molar-refractivity contribution in [2.45, 2.75) is 38.0 Å². The molecule has 0 aliphatic heterocycles. The van der Waals surface area contributed by atoms with Gasteiger partial charge in [-0.3, -0.25) is 0 Å². The van der Waals surface area contributed by atoms with Crippen molar-refractivity contribution in [2.24, 2.45) is 0 Å². The summed E-state index contributed by atoms with van der Waals surface area (Å²) >= 11 is 0. The molecule has 0 unspecified atom stereocenters. The monoisotopic (exact) mass is 186 g/mol. The first-order valence-corrected chi connectivity index (χ1v) is 5.60. The molecule has 0 atom stereocenters. The van der Waals surface area contributed by atoms with E-state index in [4.69, 9.17) is 0 Å². The highest BCUT2D eigenvalue weighted by atomic mass is 14.3. The molecule has 2 rings (SSSR count). The molecule has 0 bridgehead atoms. The summed E-state index contributed by atoms with van der Waals surface area (Å²) in [5.41, 5.74) is 3.17. The standard InChI is InChI=1S/C14H18/c1-2-3-4-7-12-8-5-6-9-14(12)13-10-11-13/h2,5-6,8-9,13H,1,3-4,7,10-11H2. The minimum atomic E-state index is 0.884. The topological polar surface area (TPSA) is 0 Å². The SMILES string of the molecule is C=CCCCc1ccccc1C1CC1. The van der Waals surface area contributed by atoms with E-state index in [2.05, 4.69) is 30.8 Å². The Morgan fingerprint density at radius 3 is 2.79 bits per heavy atom. The molecule has 0 nitrogen and oxygen atoms in total.